The molecule has 18 heavy (non-hydrogen) atoms. The number of nitro benzene ring substituents is 1. The third-order valence-corrected chi connectivity index (χ3v) is 3.89. The maximum absolute atomic E-state index is 12.2. The molecule has 0 aromatic heterocycles. The van der Waals surface area contributed by atoms with Crippen LogP contribution in [-0.4, -0.2) is 40.3 Å². The van der Waals surface area contributed by atoms with Gasteiger partial charge in [-0.25, -0.2) is 0 Å². The molecule has 0 aliphatic carbocycles. The van der Waals surface area contributed by atoms with Crippen LogP contribution in [0, 0.1) is 17.0 Å². The molecule has 0 saturated carbocycles. The number of hydrogen-bond donors (Lipinski definition) is 0. The Morgan fingerprint density at radius 2 is 2.06 bits per heavy atom. The van der Waals surface area contributed by atoms with Crippen molar-refractivity contribution in [2.45, 2.75) is 6.92 Å². The summed E-state index contributed by atoms with van der Waals surface area (Å²) in [5.74, 6) is 1.75. The van der Waals surface area contributed by atoms with Crippen molar-refractivity contribution < 1.29 is 9.72 Å². The van der Waals surface area contributed by atoms with Crippen LogP contribution in [0.2, 0.25) is 0 Å². The second-order valence-electron chi connectivity index (χ2n) is 4.16. The highest BCUT2D eigenvalue weighted by molar-refractivity contribution is 7.99. The van der Waals surface area contributed by atoms with E-state index in [0.717, 1.165) is 11.5 Å². The summed E-state index contributed by atoms with van der Waals surface area (Å²) in [5, 5.41) is 10.9. The largest absolute Gasteiger partial charge is 0.337 e. The second kappa shape index (κ2) is 5.39. The summed E-state index contributed by atoms with van der Waals surface area (Å²) in [4.78, 5) is 24.3. The van der Waals surface area contributed by atoms with Gasteiger partial charge in [0.2, 0.25) is 0 Å². The summed E-state index contributed by atoms with van der Waals surface area (Å²) >= 11 is 1.82. The zero-order valence-electron chi connectivity index (χ0n) is 10.1. The molecule has 0 N–H and O–H groups in total. The smallest absolute Gasteiger partial charge is 0.273 e. The summed E-state index contributed by atoms with van der Waals surface area (Å²) in [7, 11) is 0. The first kappa shape index (κ1) is 12.9. The Morgan fingerprint density at radius 3 is 2.67 bits per heavy atom. The first-order chi connectivity index (χ1) is 8.59. The number of aryl methyl sites for hydroxylation is 1. The molecule has 1 aliphatic heterocycles. The highest BCUT2D eigenvalue weighted by Gasteiger charge is 2.21. The van der Waals surface area contributed by atoms with E-state index >= 15 is 0 Å². The highest BCUT2D eigenvalue weighted by atomic mass is 32.2. The van der Waals surface area contributed by atoms with Gasteiger partial charge in [0.15, 0.2) is 0 Å². The molecule has 1 fully saturated rings. The van der Waals surface area contributed by atoms with E-state index in [9.17, 15) is 14.9 Å². The number of rotatable bonds is 2. The van der Waals surface area contributed by atoms with Crippen molar-refractivity contribution in [1.29, 1.82) is 0 Å². The average molecular weight is 266 g/mol. The lowest BCUT2D eigenvalue weighted by Gasteiger charge is -2.26. The van der Waals surface area contributed by atoms with Gasteiger partial charge in [-0.15, -0.1) is 0 Å². The van der Waals surface area contributed by atoms with E-state index in [4.69, 9.17) is 0 Å². The Morgan fingerprint density at radius 1 is 1.39 bits per heavy atom. The molecule has 1 aliphatic rings. The predicted octanol–water partition coefficient (Wildman–Crippen LogP) is 2.09. The molecule has 1 heterocycles. The van der Waals surface area contributed by atoms with E-state index in [1.54, 1.807) is 24.0 Å². The first-order valence-corrected chi connectivity index (χ1v) is 6.87. The number of carbonyl (C=O) groups excluding carboxylic acids is 1. The van der Waals surface area contributed by atoms with Crippen LogP contribution in [-0.2, 0) is 0 Å². The summed E-state index contributed by atoms with van der Waals surface area (Å²) < 4.78 is 0. The lowest BCUT2D eigenvalue weighted by molar-refractivity contribution is -0.385. The Kier molecular flexibility index (Phi) is 3.86. The quantitative estimate of drug-likeness (QED) is 0.607. The number of hydrogen-bond acceptors (Lipinski definition) is 4. The number of amides is 1. The Labute approximate surface area is 109 Å². The lowest BCUT2D eigenvalue weighted by atomic mass is 10.1. The van der Waals surface area contributed by atoms with Crippen LogP contribution in [0.1, 0.15) is 15.9 Å². The van der Waals surface area contributed by atoms with Crippen molar-refractivity contribution in [1.82, 2.24) is 4.90 Å². The van der Waals surface area contributed by atoms with Gasteiger partial charge in [0.25, 0.3) is 11.6 Å². The highest BCUT2D eigenvalue weighted by Crippen LogP contribution is 2.21. The molecule has 0 atom stereocenters. The Bertz CT molecular complexity index is 484. The molecule has 0 spiro atoms. The van der Waals surface area contributed by atoms with Gasteiger partial charge in [-0.1, -0.05) is 6.07 Å². The molecule has 1 amide bonds. The third-order valence-electron chi connectivity index (χ3n) is 2.95. The van der Waals surface area contributed by atoms with Crippen molar-refractivity contribution in [2.24, 2.45) is 0 Å². The van der Waals surface area contributed by atoms with Gasteiger partial charge in [0, 0.05) is 41.8 Å². The topological polar surface area (TPSA) is 63.5 Å². The van der Waals surface area contributed by atoms with Crippen LogP contribution in [0.3, 0.4) is 0 Å². The molecular formula is C12H14N2O3S. The minimum absolute atomic E-state index is 0.00670. The fourth-order valence-corrected chi connectivity index (χ4v) is 2.79. The summed E-state index contributed by atoms with van der Waals surface area (Å²) in [6, 6.07) is 4.66. The van der Waals surface area contributed by atoms with Gasteiger partial charge in [0.1, 0.15) is 0 Å². The maximum atomic E-state index is 12.2. The molecule has 6 heteroatoms. The van der Waals surface area contributed by atoms with Gasteiger partial charge in [0.05, 0.1) is 4.92 Å². The van der Waals surface area contributed by atoms with Crippen molar-refractivity contribution in [2.75, 3.05) is 24.6 Å². The van der Waals surface area contributed by atoms with Gasteiger partial charge >= 0.3 is 0 Å². The summed E-state index contributed by atoms with van der Waals surface area (Å²) in [6.07, 6.45) is 0. The zero-order valence-corrected chi connectivity index (χ0v) is 10.9. The van der Waals surface area contributed by atoms with E-state index in [2.05, 4.69) is 0 Å². The molecule has 1 aromatic carbocycles. The standard InChI is InChI=1S/C12H14N2O3S/c1-9-2-3-10(8-11(9)14(16)17)12(15)13-4-6-18-7-5-13/h2-3,8H,4-7H2,1H3. The summed E-state index contributed by atoms with van der Waals surface area (Å²) in [5.41, 5.74) is 0.984. The molecule has 0 bridgehead atoms. The van der Waals surface area contributed by atoms with Crippen molar-refractivity contribution >= 4 is 23.4 Å². The van der Waals surface area contributed by atoms with Gasteiger partial charge in [-0.2, -0.15) is 11.8 Å². The van der Waals surface area contributed by atoms with Crippen molar-refractivity contribution in [3.63, 3.8) is 0 Å². The average Bonchev–Trinajstić information content (AvgIpc) is 2.39. The minimum Gasteiger partial charge on any atom is -0.337 e. The normalized spacial score (nSPS) is 15.5. The van der Waals surface area contributed by atoms with Crippen LogP contribution in [0.4, 0.5) is 5.69 Å². The number of thioether (sulfide) groups is 1. The van der Waals surface area contributed by atoms with Gasteiger partial charge in [-0.3, -0.25) is 14.9 Å². The van der Waals surface area contributed by atoms with Crippen molar-refractivity contribution in [3.05, 3.63) is 39.4 Å². The van der Waals surface area contributed by atoms with E-state index in [1.807, 2.05) is 11.8 Å². The zero-order chi connectivity index (χ0) is 13.1. The van der Waals surface area contributed by atoms with Gasteiger partial charge < -0.3 is 4.90 Å². The molecule has 0 radical (unpaired) electrons. The van der Waals surface area contributed by atoms with Crippen LogP contribution in [0.25, 0.3) is 0 Å². The Hall–Kier alpha value is -1.56. The van der Waals surface area contributed by atoms with E-state index in [-0.39, 0.29) is 11.6 Å². The van der Waals surface area contributed by atoms with Crippen LogP contribution in [0.5, 0.6) is 0 Å². The van der Waals surface area contributed by atoms with Gasteiger partial charge in [-0.05, 0) is 13.0 Å². The molecule has 96 valence electrons. The Balaban J connectivity index is 2.24. The summed E-state index contributed by atoms with van der Waals surface area (Å²) in [6.45, 7) is 3.10. The van der Waals surface area contributed by atoms with Crippen LogP contribution < -0.4 is 0 Å². The maximum Gasteiger partial charge on any atom is 0.273 e. The second-order valence-corrected chi connectivity index (χ2v) is 5.39. The van der Waals surface area contributed by atoms with E-state index < -0.39 is 4.92 Å². The number of nitrogens with zero attached hydrogens (tertiary/aromatic N) is 2. The number of benzene rings is 1. The SMILES string of the molecule is Cc1ccc(C(=O)N2CCSCC2)cc1[N+](=O)[O-]. The molecule has 5 nitrogen and oxygen atoms in total. The molecule has 0 unspecified atom stereocenters. The van der Waals surface area contributed by atoms with E-state index in [0.29, 0.717) is 24.2 Å². The molecule has 1 saturated heterocycles. The minimum atomic E-state index is -0.446. The fourth-order valence-electron chi connectivity index (χ4n) is 1.89. The fraction of sp³-hybridized carbons (Fsp3) is 0.417. The lowest BCUT2D eigenvalue weighted by Crippen LogP contribution is -2.37. The van der Waals surface area contributed by atoms with Crippen LogP contribution >= 0.6 is 11.8 Å². The molecular weight excluding hydrogens is 252 g/mol. The predicted molar refractivity (Wildman–Crippen MR) is 71.1 cm³/mol. The number of nitro groups is 1. The third kappa shape index (κ3) is 2.64. The molecule has 2 rings (SSSR count). The van der Waals surface area contributed by atoms with E-state index in [1.165, 1.54) is 6.07 Å². The number of carbonyl (C=O) groups is 1. The monoisotopic (exact) mass is 266 g/mol. The van der Waals surface area contributed by atoms with Crippen molar-refractivity contribution in [3.8, 4) is 0 Å². The first-order valence-electron chi connectivity index (χ1n) is 5.71. The molecule has 1 aromatic rings. The van der Waals surface area contributed by atoms with Crippen LogP contribution in [0.15, 0.2) is 18.2 Å².